The molecular weight excluding hydrogens is 315 g/mol. The normalized spacial score (nSPS) is 33.9. The van der Waals surface area contributed by atoms with Crippen LogP contribution in [0.5, 0.6) is 0 Å². The summed E-state index contributed by atoms with van der Waals surface area (Å²) in [4.78, 5) is 2.02. The maximum atomic E-state index is 13.1. The van der Waals surface area contributed by atoms with Crippen molar-refractivity contribution in [2.24, 2.45) is 5.92 Å². The summed E-state index contributed by atoms with van der Waals surface area (Å²) in [7, 11) is 1.87. The number of hydrogen-bond acceptors (Lipinski definition) is 2. The van der Waals surface area contributed by atoms with Crippen LogP contribution in [-0.4, -0.2) is 41.4 Å². The molecule has 5 atom stereocenters. The number of halogens is 4. The number of aliphatic hydroxyl groups excluding tert-OH is 1. The first-order valence-electron chi connectivity index (χ1n) is 7.51. The molecule has 1 aromatic rings. The number of nitrogens with zero attached hydrogens (tertiary/aromatic N) is 1. The summed E-state index contributed by atoms with van der Waals surface area (Å²) in [5, 5.41) is 10.5. The molecule has 6 heteroatoms. The van der Waals surface area contributed by atoms with E-state index >= 15 is 0 Å². The van der Waals surface area contributed by atoms with Crippen molar-refractivity contribution in [1.82, 2.24) is 4.90 Å². The fraction of sp³-hybridized carbons (Fsp3) is 0.625. The van der Waals surface area contributed by atoms with Gasteiger partial charge in [0.15, 0.2) is 6.10 Å². The molecule has 2 aliphatic heterocycles. The zero-order chi connectivity index (χ0) is 16.1. The van der Waals surface area contributed by atoms with E-state index in [1.165, 1.54) is 0 Å². The molecule has 3 rings (SSSR count). The summed E-state index contributed by atoms with van der Waals surface area (Å²) in [5.74, 6) is -1.12. The van der Waals surface area contributed by atoms with Crippen molar-refractivity contribution in [2.75, 3.05) is 7.05 Å². The third-order valence-electron chi connectivity index (χ3n) is 5.33. The standard InChI is InChI=1S/C16H19ClF3NO/c1-21-11-6-7-13(21)14(15(22)16(18,19)20)12(8-11)9-2-4-10(17)5-3-9/h2-5,11-15,22H,6-8H2,1H3/t11?,12-,13?,14+,15-/m1/s1. The molecule has 0 radical (unpaired) electrons. The van der Waals surface area contributed by atoms with Crippen LogP contribution in [0, 0.1) is 5.92 Å². The van der Waals surface area contributed by atoms with Gasteiger partial charge in [0.25, 0.3) is 0 Å². The monoisotopic (exact) mass is 333 g/mol. The Bertz CT molecular complexity index is 531. The van der Waals surface area contributed by atoms with E-state index in [1.807, 2.05) is 11.9 Å². The van der Waals surface area contributed by atoms with Gasteiger partial charge in [-0.25, -0.2) is 0 Å². The second-order valence-corrected chi connectivity index (χ2v) is 6.86. The number of hydrogen-bond donors (Lipinski definition) is 1. The summed E-state index contributed by atoms with van der Waals surface area (Å²) in [6, 6.07) is 7.04. The average molecular weight is 334 g/mol. The minimum Gasteiger partial charge on any atom is -0.383 e. The van der Waals surface area contributed by atoms with E-state index in [1.54, 1.807) is 24.3 Å². The van der Waals surface area contributed by atoms with Gasteiger partial charge in [-0.05, 0) is 49.9 Å². The van der Waals surface area contributed by atoms with Gasteiger partial charge in [-0.1, -0.05) is 23.7 Å². The first-order chi connectivity index (χ1) is 10.3. The van der Waals surface area contributed by atoms with E-state index in [9.17, 15) is 18.3 Å². The number of piperidine rings is 1. The van der Waals surface area contributed by atoms with Crippen LogP contribution >= 0.6 is 11.6 Å². The van der Waals surface area contributed by atoms with Crippen molar-refractivity contribution in [2.45, 2.75) is 49.5 Å². The van der Waals surface area contributed by atoms with Gasteiger partial charge in [-0.2, -0.15) is 13.2 Å². The Morgan fingerprint density at radius 2 is 1.86 bits per heavy atom. The highest BCUT2D eigenvalue weighted by Gasteiger charge is 2.55. The lowest BCUT2D eigenvalue weighted by atomic mass is 9.73. The second-order valence-electron chi connectivity index (χ2n) is 6.42. The maximum absolute atomic E-state index is 13.1. The number of aliphatic hydroxyl groups is 1. The van der Waals surface area contributed by atoms with Crippen molar-refractivity contribution in [3.05, 3.63) is 34.9 Å². The van der Waals surface area contributed by atoms with E-state index < -0.39 is 18.2 Å². The molecule has 2 bridgehead atoms. The highest BCUT2D eigenvalue weighted by Crippen LogP contribution is 2.49. The van der Waals surface area contributed by atoms with E-state index in [4.69, 9.17) is 11.6 Å². The van der Waals surface area contributed by atoms with Crippen LogP contribution in [0.2, 0.25) is 5.02 Å². The summed E-state index contributed by atoms with van der Waals surface area (Å²) in [6.07, 6.45) is -4.63. The van der Waals surface area contributed by atoms with Gasteiger partial charge in [0.05, 0.1) is 0 Å². The lowest BCUT2D eigenvalue weighted by molar-refractivity contribution is -0.230. The minimum atomic E-state index is -4.59. The zero-order valence-electron chi connectivity index (χ0n) is 12.2. The van der Waals surface area contributed by atoms with E-state index in [2.05, 4.69) is 0 Å². The van der Waals surface area contributed by atoms with Gasteiger partial charge in [0, 0.05) is 23.0 Å². The number of rotatable bonds is 2. The molecular formula is C16H19ClF3NO. The largest absolute Gasteiger partial charge is 0.414 e. The van der Waals surface area contributed by atoms with Crippen molar-refractivity contribution >= 4 is 11.6 Å². The molecule has 0 saturated carbocycles. The molecule has 22 heavy (non-hydrogen) atoms. The molecule has 2 heterocycles. The molecule has 2 saturated heterocycles. The summed E-state index contributed by atoms with van der Waals surface area (Å²) < 4.78 is 39.4. The fourth-order valence-electron chi connectivity index (χ4n) is 4.22. The molecule has 1 N–H and O–H groups in total. The second kappa shape index (κ2) is 5.69. The predicted octanol–water partition coefficient (Wildman–Crippen LogP) is 3.83. The topological polar surface area (TPSA) is 23.5 Å². The van der Waals surface area contributed by atoms with Gasteiger partial charge in [0.1, 0.15) is 0 Å². The molecule has 0 aromatic heterocycles. The van der Waals surface area contributed by atoms with Crippen molar-refractivity contribution in [1.29, 1.82) is 0 Å². The predicted molar refractivity (Wildman–Crippen MR) is 78.9 cm³/mol. The summed E-state index contributed by atoms with van der Waals surface area (Å²) in [5.41, 5.74) is 0.836. The number of alkyl halides is 3. The van der Waals surface area contributed by atoms with Crippen LogP contribution in [0.25, 0.3) is 0 Å². The molecule has 0 aliphatic carbocycles. The van der Waals surface area contributed by atoms with Crippen LogP contribution in [0.15, 0.2) is 24.3 Å². The molecule has 0 spiro atoms. The Hall–Kier alpha value is -0.780. The van der Waals surface area contributed by atoms with Crippen molar-refractivity contribution < 1.29 is 18.3 Å². The number of benzene rings is 1. The van der Waals surface area contributed by atoms with Crippen molar-refractivity contribution in [3.8, 4) is 0 Å². The van der Waals surface area contributed by atoms with Crippen LogP contribution in [-0.2, 0) is 0 Å². The Morgan fingerprint density at radius 3 is 2.45 bits per heavy atom. The molecule has 0 amide bonds. The Balaban J connectivity index is 1.97. The van der Waals surface area contributed by atoms with Gasteiger partial charge in [-0.3, -0.25) is 0 Å². The molecule has 2 fully saturated rings. The van der Waals surface area contributed by atoms with E-state index in [-0.39, 0.29) is 12.0 Å². The number of fused-ring (bicyclic) bond motifs is 2. The SMILES string of the molecule is CN1C2CCC1[C@@H]([C@@H](O)C(F)(F)F)[C@@H](c1ccc(Cl)cc1)C2. The molecule has 2 nitrogen and oxygen atoms in total. The van der Waals surface area contributed by atoms with Gasteiger partial charge in [0.2, 0.25) is 0 Å². The average Bonchev–Trinajstić information content (AvgIpc) is 2.70. The van der Waals surface area contributed by atoms with Gasteiger partial charge < -0.3 is 10.0 Å². The van der Waals surface area contributed by atoms with Crippen LogP contribution < -0.4 is 0 Å². The molecule has 1 aromatic carbocycles. The van der Waals surface area contributed by atoms with Crippen LogP contribution in [0.1, 0.15) is 30.7 Å². The quantitative estimate of drug-likeness (QED) is 0.889. The van der Waals surface area contributed by atoms with E-state index in [0.29, 0.717) is 23.9 Å². The fourth-order valence-corrected chi connectivity index (χ4v) is 4.35. The highest BCUT2D eigenvalue weighted by molar-refractivity contribution is 6.30. The zero-order valence-corrected chi connectivity index (χ0v) is 13.0. The molecule has 2 aliphatic rings. The van der Waals surface area contributed by atoms with Crippen LogP contribution in [0.3, 0.4) is 0 Å². The van der Waals surface area contributed by atoms with Gasteiger partial charge >= 0.3 is 6.18 Å². The maximum Gasteiger partial charge on any atom is 0.414 e. The first-order valence-corrected chi connectivity index (χ1v) is 7.89. The first kappa shape index (κ1) is 16.1. The summed E-state index contributed by atoms with van der Waals surface area (Å²) >= 11 is 5.88. The third kappa shape index (κ3) is 2.74. The lowest BCUT2D eigenvalue weighted by Gasteiger charge is -2.45. The lowest BCUT2D eigenvalue weighted by Crippen LogP contribution is -2.53. The van der Waals surface area contributed by atoms with Crippen LogP contribution in [0.4, 0.5) is 13.2 Å². The Kier molecular flexibility index (Phi) is 4.16. The minimum absolute atomic E-state index is 0.226. The van der Waals surface area contributed by atoms with Crippen molar-refractivity contribution in [3.63, 3.8) is 0 Å². The Labute approximate surface area is 132 Å². The third-order valence-corrected chi connectivity index (χ3v) is 5.58. The highest BCUT2D eigenvalue weighted by atomic mass is 35.5. The molecule has 2 unspecified atom stereocenters. The smallest absolute Gasteiger partial charge is 0.383 e. The van der Waals surface area contributed by atoms with E-state index in [0.717, 1.165) is 12.0 Å². The van der Waals surface area contributed by atoms with Gasteiger partial charge in [-0.15, -0.1) is 0 Å². The molecule has 122 valence electrons. The Morgan fingerprint density at radius 1 is 1.23 bits per heavy atom. The summed E-state index contributed by atoms with van der Waals surface area (Å²) in [6.45, 7) is 0.